The molecule has 0 N–H and O–H groups in total. The molecule has 9 heteroatoms. The van der Waals surface area contributed by atoms with E-state index >= 15 is 0 Å². The standard InChI is InChI=1S/C21H18Cl2F3NO3/c1-10-16(28)6-12-7-17(10)29-30-20(12,2)4-3-11-5-18(21(24,25)26)27-19-14(11)8-13(22)9-15(19)23/h3-5,8-10,12,17H,6-7H2,1-2H3/t10-,12+,17+,20+/m1/s1. The Hall–Kier alpha value is -1.67. The van der Waals surface area contributed by atoms with E-state index in [9.17, 15) is 18.0 Å². The third kappa shape index (κ3) is 3.84. The Balaban J connectivity index is 1.78. The van der Waals surface area contributed by atoms with Gasteiger partial charge in [0.1, 0.15) is 23.2 Å². The lowest BCUT2D eigenvalue weighted by atomic mass is 9.71. The lowest BCUT2D eigenvalue weighted by Crippen LogP contribution is -2.51. The second-order valence-corrected chi connectivity index (χ2v) is 8.85. The topological polar surface area (TPSA) is 48.4 Å². The summed E-state index contributed by atoms with van der Waals surface area (Å²) in [6.07, 6.45) is -0.860. The summed E-state index contributed by atoms with van der Waals surface area (Å²) in [5.74, 6) is -0.289. The minimum absolute atomic E-state index is 0.00300. The molecule has 1 aliphatic carbocycles. The van der Waals surface area contributed by atoms with Crippen molar-refractivity contribution in [1.29, 1.82) is 0 Å². The lowest BCUT2D eigenvalue weighted by Gasteiger charge is -2.45. The van der Waals surface area contributed by atoms with E-state index in [-0.39, 0.29) is 44.8 Å². The number of alkyl halides is 3. The molecule has 2 aromatic rings. The number of carbonyl (C=O) groups is 1. The molecule has 1 aromatic heterocycles. The molecule has 0 spiro atoms. The minimum Gasteiger partial charge on any atom is -0.299 e. The molecule has 2 aliphatic rings. The monoisotopic (exact) mass is 459 g/mol. The van der Waals surface area contributed by atoms with E-state index in [2.05, 4.69) is 4.98 Å². The molecule has 2 fully saturated rings. The SMILES string of the molecule is C[C@@H]1C(=O)C[C@H]2C[C@@H]1OO[C@@]2(C)C=Cc1cc(C(F)(F)F)nc2c(Cl)cc(Cl)cc12. The quantitative estimate of drug-likeness (QED) is 0.496. The van der Waals surface area contributed by atoms with Crippen molar-refractivity contribution in [3.8, 4) is 0 Å². The first kappa shape index (κ1) is 21.6. The number of carbonyl (C=O) groups excluding carboxylic acids is 1. The summed E-state index contributed by atoms with van der Waals surface area (Å²) in [5.41, 5.74) is -1.79. The van der Waals surface area contributed by atoms with Gasteiger partial charge in [0.15, 0.2) is 0 Å². The Kier molecular flexibility index (Phi) is 5.37. The summed E-state index contributed by atoms with van der Waals surface area (Å²) in [6, 6.07) is 3.80. The first-order valence-electron chi connectivity index (χ1n) is 9.41. The van der Waals surface area contributed by atoms with Crippen LogP contribution >= 0.6 is 23.2 Å². The van der Waals surface area contributed by atoms with Gasteiger partial charge in [-0.25, -0.2) is 14.8 Å². The molecule has 160 valence electrons. The summed E-state index contributed by atoms with van der Waals surface area (Å²) < 4.78 is 40.2. The van der Waals surface area contributed by atoms with Gasteiger partial charge in [0, 0.05) is 28.7 Å². The van der Waals surface area contributed by atoms with Gasteiger partial charge in [-0.1, -0.05) is 36.2 Å². The van der Waals surface area contributed by atoms with E-state index in [4.69, 9.17) is 33.0 Å². The maximum Gasteiger partial charge on any atom is 0.433 e. The molecule has 30 heavy (non-hydrogen) atoms. The summed E-state index contributed by atoms with van der Waals surface area (Å²) in [5, 5.41) is 0.682. The second-order valence-electron chi connectivity index (χ2n) is 8.01. The summed E-state index contributed by atoms with van der Waals surface area (Å²) in [7, 11) is 0. The van der Waals surface area contributed by atoms with Crippen molar-refractivity contribution in [3.05, 3.63) is 45.6 Å². The van der Waals surface area contributed by atoms with Gasteiger partial charge >= 0.3 is 6.18 Å². The highest BCUT2D eigenvalue weighted by Crippen LogP contribution is 2.43. The fraction of sp³-hybridized carbons (Fsp3) is 0.429. The Morgan fingerprint density at radius 1 is 1.27 bits per heavy atom. The van der Waals surface area contributed by atoms with Crippen LogP contribution in [0.4, 0.5) is 13.2 Å². The molecule has 4 rings (SSSR count). The van der Waals surface area contributed by atoms with Crippen LogP contribution < -0.4 is 0 Å². The van der Waals surface area contributed by atoms with E-state index in [1.54, 1.807) is 19.9 Å². The van der Waals surface area contributed by atoms with Crippen LogP contribution in [-0.2, 0) is 20.7 Å². The van der Waals surface area contributed by atoms with Crippen LogP contribution in [0.2, 0.25) is 10.0 Å². The smallest absolute Gasteiger partial charge is 0.299 e. The number of Topliss-reactive ketones (excluding diaryl/α,β-unsaturated/α-hetero) is 1. The van der Waals surface area contributed by atoms with Gasteiger partial charge in [-0.3, -0.25) is 4.79 Å². The first-order chi connectivity index (χ1) is 14.0. The molecule has 0 unspecified atom stereocenters. The number of nitrogens with zero attached hydrogens (tertiary/aromatic N) is 1. The van der Waals surface area contributed by atoms with Gasteiger partial charge in [-0.2, -0.15) is 13.2 Å². The molecule has 2 bridgehead atoms. The van der Waals surface area contributed by atoms with Crippen LogP contribution in [0.15, 0.2) is 24.3 Å². The highest BCUT2D eigenvalue weighted by atomic mass is 35.5. The van der Waals surface area contributed by atoms with E-state index in [0.29, 0.717) is 18.2 Å². The third-order valence-corrected chi connectivity index (χ3v) is 6.45. The first-order valence-corrected chi connectivity index (χ1v) is 10.2. The number of halogens is 5. The molecule has 1 saturated heterocycles. The van der Waals surface area contributed by atoms with Crippen LogP contribution in [0.25, 0.3) is 17.0 Å². The van der Waals surface area contributed by atoms with Crippen molar-refractivity contribution in [3.63, 3.8) is 0 Å². The van der Waals surface area contributed by atoms with Gasteiger partial charge in [0.05, 0.1) is 10.5 Å². The number of pyridine rings is 1. The van der Waals surface area contributed by atoms with Gasteiger partial charge < -0.3 is 0 Å². The maximum atomic E-state index is 13.4. The number of rotatable bonds is 2. The Morgan fingerprint density at radius 2 is 2.00 bits per heavy atom. The van der Waals surface area contributed by atoms with Crippen molar-refractivity contribution < 1.29 is 27.7 Å². The second kappa shape index (κ2) is 7.48. The number of aromatic nitrogens is 1. The largest absolute Gasteiger partial charge is 0.433 e. The third-order valence-electron chi connectivity index (χ3n) is 5.94. The fourth-order valence-electron chi connectivity index (χ4n) is 3.98. The molecular weight excluding hydrogens is 442 g/mol. The van der Waals surface area contributed by atoms with E-state index in [0.717, 1.165) is 6.07 Å². The van der Waals surface area contributed by atoms with Crippen LogP contribution in [0, 0.1) is 11.8 Å². The summed E-state index contributed by atoms with van der Waals surface area (Å²) >= 11 is 12.2. The molecule has 4 nitrogen and oxygen atoms in total. The van der Waals surface area contributed by atoms with Crippen molar-refractivity contribution >= 4 is 46.0 Å². The van der Waals surface area contributed by atoms with Crippen LogP contribution in [0.3, 0.4) is 0 Å². The number of benzene rings is 1. The number of hydrogen-bond acceptors (Lipinski definition) is 4. The zero-order chi connectivity index (χ0) is 21.8. The van der Waals surface area contributed by atoms with E-state index < -0.39 is 17.5 Å². The summed E-state index contributed by atoms with van der Waals surface area (Å²) in [4.78, 5) is 27.0. The molecule has 1 aliphatic heterocycles. The summed E-state index contributed by atoms with van der Waals surface area (Å²) in [6.45, 7) is 3.56. The Labute approximate surface area is 180 Å². The van der Waals surface area contributed by atoms with Gasteiger partial charge in [0.25, 0.3) is 0 Å². The Bertz CT molecular complexity index is 1060. The van der Waals surface area contributed by atoms with Gasteiger partial charge in [-0.05, 0) is 43.2 Å². The van der Waals surface area contributed by atoms with Crippen molar-refractivity contribution in [1.82, 2.24) is 4.98 Å². The average Bonchev–Trinajstić information content (AvgIpc) is 2.66. The van der Waals surface area contributed by atoms with Crippen molar-refractivity contribution in [2.45, 2.75) is 44.6 Å². The molecule has 1 saturated carbocycles. The van der Waals surface area contributed by atoms with Crippen molar-refractivity contribution in [2.24, 2.45) is 11.8 Å². The molecule has 0 radical (unpaired) electrons. The molecule has 2 heterocycles. The Morgan fingerprint density at radius 3 is 2.70 bits per heavy atom. The average molecular weight is 460 g/mol. The predicted molar refractivity (Wildman–Crippen MR) is 107 cm³/mol. The van der Waals surface area contributed by atoms with E-state index in [1.165, 1.54) is 18.2 Å². The van der Waals surface area contributed by atoms with Crippen LogP contribution in [-0.4, -0.2) is 22.5 Å². The zero-order valence-corrected chi connectivity index (χ0v) is 17.6. The normalized spacial score (nSPS) is 29.7. The molecule has 4 atom stereocenters. The highest BCUT2D eigenvalue weighted by Gasteiger charge is 2.48. The van der Waals surface area contributed by atoms with Gasteiger partial charge in [-0.15, -0.1) is 0 Å². The van der Waals surface area contributed by atoms with Crippen molar-refractivity contribution in [2.75, 3.05) is 0 Å². The fourth-order valence-corrected chi connectivity index (χ4v) is 4.51. The van der Waals surface area contributed by atoms with Gasteiger partial charge in [0.2, 0.25) is 0 Å². The highest BCUT2D eigenvalue weighted by molar-refractivity contribution is 6.38. The lowest BCUT2D eigenvalue weighted by molar-refractivity contribution is -0.415. The van der Waals surface area contributed by atoms with Crippen LogP contribution in [0.5, 0.6) is 0 Å². The number of fused-ring (bicyclic) bond motifs is 3. The molecule has 0 amide bonds. The number of hydrogen-bond donors (Lipinski definition) is 0. The van der Waals surface area contributed by atoms with E-state index in [1.807, 2.05) is 0 Å². The number of ketones is 1. The molecular formula is C21H18Cl2F3NO3. The maximum absolute atomic E-state index is 13.4. The predicted octanol–water partition coefficient (Wildman–Crippen LogP) is 6.28. The van der Waals surface area contributed by atoms with Crippen LogP contribution in [0.1, 0.15) is 37.9 Å². The minimum atomic E-state index is -4.65. The molecule has 1 aromatic carbocycles. The zero-order valence-electron chi connectivity index (χ0n) is 16.1.